The van der Waals surface area contributed by atoms with E-state index in [-0.39, 0.29) is 0 Å². The quantitative estimate of drug-likeness (QED) is 0.811. The van der Waals surface area contributed by atoms with E-state index < -0.39 is 0 Å². The Morgan fingerprint density at radius 2 is 1.94 bits per heavy atom. The highest BCUT2D eigenvalue weighted by atomic mass is 79.9. The van der Waals surface area contributed by atoms with E-state index in [4.69, 9.17) is 9.47 Å². The van der Waals surface area contributed by atoms with Crippen LogP contribution in [0.25, 0.3) is 0 Å². The smallest absolute Gasteiger partial charge is 0.223 e. The molecule has 2 aromatic rings. The Balaban J connectivity index is 2.20. The van der Waals surface area contributed by atoms with Crippen LogP contribution in [0.3, 0.4) is 0 Å². The van der Waals surface area contributed by atoms with E-state index >= 15 is 0 Å². The van der Waals surface area contributed by atoms with Gasteiger partial charge in [-0.05, 0) is 28.1 Å². The zero-order valence-electron chi connectivity index (χ0n) is 8.55. The van der Waals surface area contributed by atoms with Crippen molar-refractivity contribution in [1.82, 2.24) is 9.97 Å². The number of methoxy groups -OCH3 is 1. The minimum absolute atomic E-state index is 0.482. The molecule has 2 rings (SSSR count). The van der Waals surface area contributed by atoms with E-state index in [1.807, 2.05) is 18.2 Å². The van der Waals surface area contributed by atoms with Crippen molar-refractivity contribution in [2.24, 2.45) is 0 Å². The zero-order chi connectivity index (χ0) is 11.4. The van der Waals surface area contributed by atoms with Crippen LogP contribution in [0, 0.1) is 0 Å². The largest absolute Gasteiger partial charge is 0.497 e. The third kappa shape index (κ3) is 2.70. The Bertz CT molecular complexity index is 491. The fraction of sp³-hybridized carbons (Fsp3) is 0.0909. The number of aromatic nitrogens is 2. The highest BCUT2D eigenvalue weighted by Crippen LogP contribution is 2.24. The molecule has 0 aliphatic carbocycles. The van der Waals surface area contributed by atoms with Crippen LogP contribution in [0.1, 0.15) is 0 Å². The summed E-state index contributed by atoms with van der Waals surface area (Å²) in [6.45, 7) is 0. The van der Waals surface area contributed by atoms with Gasteiger partial charge >= 0.3 is 0 Å². The molecule has 0 aliphatic rings. The molecule has 0 amide bonds. The Kier molecular flexibility index (Phi) is 3.36. The van der Waals surface area contributed by atoms with Crippen LogP contribution >= 0.6 is 15.9 Å². The van der Waals surface area contributed by atoms with Crippen molar-refractivity contribution < 1.29 is 9.47 Å². The van der Waals surface area contributed by atoms with Gasteiger partial charge in [-0.15, -0.1) is 0 Å². The summed E-state index contributed by atoms with van der Waals surface area (Å²) in [5.41, 5.74) is 0. The zero-order valence-corrected chi connectivity index (χ0v) is 10.1. The summed E-state index contributed by atoms with van der Waals surface area (Å²) in [6, 6.07) is 9.02. The summed E-state index contributed by atoms with van der Waals surface area (Å²) in [7, 11) is 1.61. The molecule has 0 radical (unpaired) electrons. The lowest BCUT2D eigenvalue weighted by Gasteiger charge is -2.05. The summed E-state index contributed by atoms with van der Waals surface area (Å²) in [6.07, 6.45) is 1.43. The number of halogens is 1. The molecule has 0 saturated carbocycles. The van der Waals surface area contributed by atoms with E-state index in [0.717, 1.165) is 5.75 Å². The van der Waals surface area contributed by atoms with Crippen molar-refractivity contribution in [1.29, 1.82) is 0 Å². The van der Waals surface area contributed by atoms with Crippen molar-refractivity contribution in [3.05, 3.63) is 41.3 Å². The average Bonchev–Trinajstić information content (AvgIpc) is 2.29. The predicted octanol–water partition coefficient (Wildman–Crippen LogP) is 3.04. The molecule has 0 unspecified atom stereocenters. The molecule has 16 heavy (non-hydrogen) atoms. The van der Waals surface area contributed by atoms with Crippen LogP contribution in [0.5, 0.6) is 17.4 Å². The average molecular weight is 281 g/mol. The summed E-state index contributed by atoms with van der Waals surface area (Å²) in [5.74, 6) is 1.89. The van der Waals surface area contributed by atoms with Gasteiger partial charge in [0.15, 0.2) is 0 Å². The van der Waals surface area contributed by atoms with Crippen molar-refractivity contribution in [3.8, 4) is 17.4 Å². The first-order chi connectivity index (χ1) is 7.78. The van der Waals surface area contributed by atoms with Gasteiger partial charge in [0.05, 0.1) is 7.11 Å². The van der Waals surface area contributed by atoms with Crippen molar-refractivity contribution >= 4 is 15.9 Å². The first-order valence-corrected chi connectivity index (χ1v) is 5.36. The van der Waals surface area contributed by atoms with Gasteiger partial charge < -0.3 is 9.47 Å². The second-order valence-corrected chi connectivity index (χ2v) is 3.77. The number of benzene rings is 1. The van der Waals surface area contributed by atoms with Gasteiger partial charge in [-0.1, -0.05) is 6.07 Å². The summed E-state index contributed by atoms with van der Waals surface area (Å²) in [4.78, 5) is 7.90. The lowest BCUT2D eigenvalue weighted by atomic mass is 10.3. The third-order valence-electron chi connectivity index (χ3n) is 1.87. The van der Waals surface area contributed by atoms with Crippen molar-refractivity contribution in [3.63, 3.8) is 0 Å². The van der Waals surface area contributed by atoms with Crippen LogP contribution in [0.2, 0.25) is 0 Å². The molecular formula is C11H9BrN2O2. The Hall–Kier alpha value is -1.62. The molecule has 1 heterocycles. The molecule has 0 bridgehead atoms. The van der Waals surface area contributed by atoms with Crippen molar-refractivity contribution in [2.75, 3.05) is 7.11 Å². The number of rotatable bonds is 3. The number of ether oxygens (including phenoxy) is 2. The molecule has 4 nitrogen and oxygen atoms in total. The van der Waals surface area contributed by atoms with E-state index in [9.17, 15) is 0 Å². The maximum atomic E-state index is 5.54. The van der Waals surface area contributed by atoms with Gasteiger partial charge in [-0.2, -0.15) is 0 Å². The lowest BCUT2D eigenvalue weighted by Crippen LogP contribution is -1.90. The molecule has 0 atom stereocenters. The van der Waals surface area contributed by atoms with Gasteiger partial charge in [0.2, 0.25) is 5.88 Å². The Morgan fingerprint density at radius 1 is 1.12 bits per heavy atom. The number of hydrogen-bond donors (Lipinski definition) is 0. The SMILES string of the molecule is COc1cccc(Oc2cc(Br)ncn2)c1. The molecular weight excluding hydrogens is 272 g/mol. The first-order valence-electron chi connectivity index (χ1n) is 4.57. The maximum Gasteiger partial charge on any atom is 0.223 e. The maximum absolute atomic E-state index is 5.54. The number of hydrogen-bond acceptors (Lipinski definition) is 4. The molecule has 1 aromatic carbocycles. The second-order valence-electron chi connectivity index (χ2n) is 2.96. The van der Waals surface area contributed by atoms with E-state index in [2.05, 4.69) is 25.9 Å². The molecule has 82 valence electrons. The van der Waals surface area contributed by atoms with Gasteiger partial charge in [-0.25, -0.2) is 9.97 Å². The monoisotopic (exact) mass is 280 g/mol. The van der Waals surface area contributed by atoms with Crippen LogP contribution in [-0.2, 0) is 0 Å². The topological polar surface area (TPSA) is 44.2 Å². The van der Waals surface area contributed by atoms with Gasteiger partial charge in [-0.3, -0.25) is 0 Å². The lowest BCUT2D eigenvalue weighted by molar-refractivity contribution is 0.407. The Labute approximate surface area is 101 Å². The summed E-state index contributed by atoms with van der Waals surface area (Å²) >= 11 is 3.25. The fourth-order valence-electron chi connectivity index (χ4n) is 1.16. The standard InChI is InChI=1S/C11H9BrN2O2/c1-15-8-3-2-4-9(5-8)16-11-6-10(12)13-7-14-11/h2-7H,1H3. The first kappa shape index (κ1) is 10.9. The van der Waals surface area contributed by atoms with Crippen LogP contribution < -0.4 is 9.47 Å². The van der Waals surface area contributed by atoms with Gasteiger partial charge in [0.25, 0.3) is 0 Å². The molecule has 0 aliphatic heterocycles. The van der Waals surface area contributed by atoms with E-state index in [0.29, 0.717) is 16.2 Å². The van der Waals surface area contributed by atoms with E-state index in [1.165, 1.54) is 6.33 Å². The Morgan fingerprint density at radius 3 is 2.69 bits per heavy atom. The fourth-order valence-corrected chi connectivity index (χ4v) is 1.45. The third-order valence-corrected chi connectivity index (χ3v) is 2.31. The minimum Gasteiger partial charge on any atom is -0.497 e. The highest BCUT2D eigenvalue weighted by Gasteiger charge is 2.01. The van der Waals surface area contributed by atoms with Crippen LogP contribution in [-0.4, -0.2) is 17.1 Å². The van der Waals surface area contributed by atoms with Crippen LogP contribution in [0.15, 0.2) is 41.3 Å². The molecule has 5 heteroatoms. The second kappa shape index (κ2) is 4.94. The predicted molar refractivity (Wildman–Crippen MR) is 62.8 cm³/mol. The summed E-state index contributed by atoms with van der Waals surface area (Å²) in [5, 5.41) is 0. The molecule has 0 fully saturated rings. The van der Waals surface area contributed by atoms with Crippen LogP contribution in [0.4, 0.5) is 0 Å². The molecule has 0 saturated heterocycles. The number of nitrogens with zero attached hydrogens (tertiary/aromatic N) is 2. The highest BCUT2D eigenvalue weighted by molar-refractivity contribution is 9.10. The van der Waals surface area contributed by atoms with E-state index in [1.54, 1.807) is 19.2 Å². The van der Waals surface area contributed by atoms with Gasteiger partial charge in [0, 0.05) is 12.1 Å². The van der Waals surface area contributed by atoms with Crippen molar-refractivity contribution in [2.45, 2.75) is 0 Å². The molecule has 0 N–H and O–H groups in total. The normalized spacial score (nSPS) is 9.88. The summed E-state index contributed by atoms with van der Waals surface area (Å²) < 4.78 is 11.3. The minimum atomic E-state index is 0.482. The van der Waals surface area contributed by atoms with Gasteiger partial charge in [0.1, 0.15) is 22.4 Å². The molecule has 0 spiro atoms. The molecule has 1 aromatic heterocycles.